The lowest BCUT2D eigenvalue weighted by atomic mass is 10.00. The molecule has 0 aliphatic carbocycles. The van der Waals surface area contributed by atoms with Crippen molar-refractivity contribution in [3.05, 3.63) is 35.3 Å². The van der Waals surface area contributed by atoms with Gasteiger partial charge in [-0.15, -0.1) is 11.3 Å². The molecule has 2 aromatic heterocycles. The Morgan fingerprint density at radius 3 is 2.57 bits per heavy atom. The predicted octanol–water partition coefficient (Wildman–Crippen LogP) is 3.25. The normalized spacial score (nSPS) is 25.3. The fourth-order valence-corrected chi connectivity index (χ4v) is 8.21. The molecule has 1 aromatic carbocycles. The number of aromatic nitrogens is 3. The Balaban J connectivity index is 1.21. The van der Waals surface area contributed by atoms with Gasteiger partial charge in [0.25, 0.3) is 10.2 Å². The highest BCUT2D eigenvalue weighted by atomic mass is 32.2. The largest absolute Gasteiger partial charge is 0.351 e. The van der Waals surface area contributed by atoms with Gasteiger partial charge in [-0.3, -0.25) is 0 Å². The maximum absolute atomic E-state index is 13.2. The second-order valence-electron chi connectivity index (χ2n) is 9.49. The molecule has 2 N–H and O–H groups in total. The van der Waals surface area contributed by atoms with Crippen LogP contribution in [0.5, 0.6) is 0 Å². The molecule has 0 amide bonds. The van der Waals surface area contributed by atoms with Crippen LogP contribution in [0.3, 0.4) is 0 Å². The van der Waals surface area contributed by atoms with Gasteiger partial charge in [0.1, 0.15) is 5.82 Å². The number of rotatable bonds is 6. The lowest BCUT2D eigenvalue weighted by Gasteiger charge is -2.43. The molecule has 0 spiro atoms. The molecule has 35 heavy (non-hydrogen) atoms. The number of thiazole rings is 1. The Labute approximate surface area is 208 Å². The number of nitrogens with zero attached hydrogens (tertiary/aromatic N) is 6. The Kier molecular flexibility index (Phi) is 5.60. The average molecular weight is 511 g/mol. The van der Waals surface area contributed by atoms with Crippen LogP contribution < -0.4 is 10.6 Å². The van der Waals surface area contributed by atoms with Gasteiger partial charge >= 0.3 is 0 Å². The molecule has 0 radical (unpaired) electrons. The van der Waals surface area contributed by atoms with Crippen LogP contribution in [0.25, 0.3) is 10.9 Å². The van der Waals surface area contributed by atoms with Gasteiger partial charge in [-0.05, 0) is 44.7 Å². The van der Waals surface area contributed by atoms with E-state index < -0.39 is 10.2 Å². The molecule has 5 heterocycles. The number of aryl methyl sites for hydroxylation is 1. The van der Waals surface area contributed by atoms with Gasteiger partial charge < -0.3 is 10.6 Å². The summed E-state index contributed by atoms with van der Waals surface area (Å²) in [6.45, 7) is 2.62. The molecule has 3 aliphatic heterocycles. The molecule has 0 unspecified atom stereocenters. The monoisotopic (exact) mass is 510 g/mol. The lowest BCUT2D eigenvalue weighted by molar-refractivity contribution is 0.182. The SMILES string of the molecule is Cc1cnc(Nc2nc(N[C@@H]3C[C@H]4CC[C@@H](C3)N4S(=O)(=O)N3CC(C#N)C3)nc3ccccc23)s1. The Bertz CT molecular complexity index is 1400. The third kappa shape index (κ3) is 4.12. The zero-order chi connectivity index (χ0) is 24.2. The summed E-state index contributed by atoms with van der Waals surface area (Å²) >= 11 is 1.57. The first-order valence-electron chi connectivity index (χ1n) is 11.8. The number of anilines is 3. The highest BCUT2D eigenvalue weighted by Gasteiger charge is 2.51. The first kappa shape index (κ1) is 22.6. The summed E-state index contributed by atoms with van der Waals surface area (Å²) < 4.78 is 29.6. The van der Waals surface area contributed by atoms with E-state index in [0.717, 1.165) is 33.8 Å². The molecule has 6 rings (SSSR count). The number of para-hydroxylation sites is 1. The number of hydrogen-bond acceptors (Lipinski definition) is 9. The van der Waals surface area contributed by atoms with E-state index in [-0.39, 0.29) is 24.0 Å². The topological polar surface area (TPSA) is 127 Å². The first-order valence-corrected chi connectivity index (χ1v) is 14.0. The molecule has 0 saturated carbocycles. The standard InChI is InChI=1S/C23H26N8O2S2/c1-14-11-25-23(34-14)29-21-19-4-2-3-5-20(19)27-22(28-21)26-16-8-17-6-7-18(9-16)31(17)35(32,33)30-12-15(10-24)13-30/h2-5,11,15-18H,6-9,12-13H2,1H3,(H2,25,26,27,28,29)/t16-,17-,18+. The maximum atomic E-state index is 13.2. The molecule has 182 valence electrons. The highest BCUT2D eigenvalue weighted by Crippen LogP contribution is 2.41. The second kappa shape index (κ2) is 8.67. The Hall–Kier alpha value is -2.85. The molecule has 3 atom stereocenters. The molecular weight excluding hydrogens is 484 g/mol. The van der Waals surface area contributed by atoms with Crippen LogP contribution in [0.1, 0.15) is 30.6 Å². The minimum atomic E-state index is -3.53. The fourth-order valence-electron chi connectivity index (χ4n) is 5.40. The van der Waals surface area contributed by atoms with E-state index in [2.05, 4.69) is 21.7 Å². The van der Waals surface area contributed by atoms with Crippen LogP contribution >= 0.6 is 11.3 Å². The summed E-state index contributed by atoms with van der Waals surface area (Å²) in [5.41, 5.74) is 0.827. The average Bonchev–Trinajstić information content (AvgIpc) is 3.33. The molecule has 3 aromatic rings. The van der Waals surface area contributed by atoms with E-state index in [9.17, 15) is 8.42 Å². The molecule has 12 heteroatoms. The number of benzene rings is 1. The predicted molar refractivity (Wildman–Crippen MR) is 135 cm³/mol. The summed E-state index contributed by atoms with van der Waals surface area (Å²) in [6, 6.07) is 10.00. The molecule has 10 nitrogen and oxygen atoms in total. The molecule has 3 saturated heterocycles. The number of hydrogen-bond donors (Lipinski definition) is 2. The fraction of sp³-hybridized carbons (Fsp3) is 0.478. The van der Waals surface area contributed by atoms with E-state index in [1.165, 1.54) is 4.31 Å². The van der Waals surface area contributed by atoms with Gasteiger partial charge in [-0.25, -0.2) is 9.97 Å². The van der Waals surface area contributed by atoms with Gasteiger partial charge in [0.15, 0.2) is 5.13 Å². The van der Waals surface area contributed by atoms with Crippen molar-refractivity contribution in [2.75, 3.05) is 23.7 Å². The van der Waals surface area contributed by atoms with Crippen molar-refractivity contribution < 1.29 is 8.42 Å². The van der Waals surface area contributed by atoms with E-state index >= 15 is 0 Å². The van der Waals surface area contributed by atoms with Gasteiger partial charge in [-0.1, -0.05) is 12.1 Å². The smallest absolute Gasteiger partial charge is 0.282 e. The van der Waals surface area contributed by atoms with Crippen LogP contribution in [0.4, 0.5) is 16.9 Å². The van der Waals surface area contributed by atoms with E-state index in [4.69, 9.17) is 15.2 Å². The Morgan fingerprint density at radius 2 is 1.89 bits per heavy atom. The number of nitriles is 1. The lowest BCUT2D eigenvalue weighted by Crippen LogP contribution is -2.59. The van der Waals surface area contributed by atoms with Crippen molar-refractivity contribution in [3.8, 4) is 6.07 Å². The second-order valence-corrected chi connectivity index (χ2v) is 12.6. The van der Waals surface area contributed by atoms with Crippen LogP contribution in [0.15, 0.2) is 30.5 Å². The quantitative estimate of drug-likeness (QED) is 0.517. The van der Waals surface area contributed by atoms with Crippen LogP contribution in [-0.4, -0.2) is 63.2 Å². The maximum Gasteiger partial charge on any atom is 0.282 e. The zero-order valence-electron chi connectivity index (χ0n) is 19.3. The summed E-state index contributed by atoms with van der Waals surface area (Å²) in [5, 5.41) is 17.5. The summed E-state index contributed by atoms with van der Waals surface area (Å²) in [6.07, 6.45) is 4.94. The van der Waals surface area contributed by atoms with Crippen molar-refractivity contribution >= 4 is 49.3 Å². The Morgan fingerprint density at radius 1 is 1.14 bits per heavy atom. The van der Waals surface area contributed by atoms with Gasteiger partial charge in [-0.2, -0.15) is 27.3 Å². The van der Waals surface area contributed by atoms with Crippen molar-refractivity contribution in [3.63, 3.8) is 0 Å². The van der Waals surface area contributed by atoms with Crippen LogP contribution in [0.2, 0.25) is 0 Å². The minimum Gasteiger partial charge on any atom is -0.351 e. The van der Waals surface area contributed by atoms with Crippen molar-refractivity contribution in [2.24, 2.45) is 5.92 Å². The van der Waals surface area contributed by atoms with Gasteiger partial charge in [0.2, 0.25) is 5.95 Å². The third-order valence-corrected chi connectivity index (χ3v) is 9.98. The van der Waals surface area contributed by atoms with Gasteiger partial charge in [0.05, 0.1) is 17.5 Å². The van der Waals surface area contributed by atoms with Crippen molar-refractivity contribution in [2.45, 2.75) is 50.7 Å². The van der Waals surface area contributed by atoms with E-state index in [0.29, 0.717) is 37.7 Å². The summed E-state index contributed by atoms with van der Waals surface area (Å²) in [7, 11) is -3.53. The van der Waals surface area contributed by atoms with Crippen molar-refractivity contribution in [1.29, 1.82) is 5.26 Å². The third-order valence-electron chi connectivity index (χ3n) is 7.07. The van der Waals surface area contributed by atoms with Crippen molar-refractivity contribution in [1.82, 2.24) is 23.6 Å². The number of fused-ring (bicyclic) bond motifs is 3. The van der Waals surface area contributed by atoms with E-state index in [1.807, 2.05) is 37.4 Å². The molecule has 2 bridgehead atoms. The number of piperidine rings is 1. The van der Waals surface area contributed by atoms with Gasteiger partial charge in [0, 0.05) is 47.7 Å². The zero-order valence-corrected chi connectivity index (χ0v) is 20.9. The van der Waals surface area contributed by atoms with Crippen LogP contribution in [-0.2, 0) is 10.2 Å². The molecule has 3 aliphatic rings. The molecule has 3 fully saturated rings. The number of nitrogens with one attached hydrogen (secondary N) is 2. The minimum absolute atomic E-state index is 0.0475. The van der Waals surface area contributed by atoms with Crippen LogP contribution in [0, 0.1) is 24.2 Å². The van der Waals surface area contributed by atoms with E-state index in [1.54, 1.807) is 15.6 Å². The summed E-state index contributed by atoms with van der Waals surface area (Å²) in [4.78, 5) is 15.0. The first-order chi connectivity index (χ1) is 16.9. The molecular formula is C23H26N8O2S2. The summed E-state index contributed by atoms with van der Waals surface area (Å²) in [5.74, 6) is 1.03. The highest BCUT2D eigenvalue weighted by molar-refractivity contribution is 7.86.